The molecule has 0 spiro atoms. The van der Waals surface area contributed by atoms with Gasteiger partial charge < -0.3 is 9.16 Å². The van der Waals surface area contributed by atoms with Gasteiger partial charge in [-0.25, -0.2) is 0 Å². The van der Waals surface area contributed by atoms with E-state index in [-0.39, 0.29) is 0 Å². The number of ether oxygens (including phenoxy) is 1. The van der Waals surface area contributed by atoms with E-state index in [1.165, 1.54) is 18.1 Å². The molecule has 0 unspecified atom stereocenters. The fraction of sp³-hybridized carbons (Fsp3) is 0.846. The van der Waals surface area contributed by atoms with E-state index in [0.717, 1.165) is 25.2 Å². The van der Waals surface area contributed by atoms with Crippen LogP contribution in [0.15, 0.2) is 12.2 Å². The zero-order valence-electron chi connectivity index (χ0n) is 11.5. The first-order valence-corrected chi connectivity index (χ1v) is 8.99. The monoisotopic (exact) mass is 244 g/mol. The highest BCUT2D eigenvalue weighted by Gasteiger charge is 2.29. The third kappa shape index (κ3) is 6.46. The van der Waals surface area contributed by atoms with Crippen molar-refractivity contribution in [1.82, 2.24) is 0 Å². The normalized spacial score (nSPS) is 11.8. The van der Waals surface area contributed by atoms with E-state index in [9.17, 15) is 0 Å². The second-order valence-corrected chi connectivity index (χ2v) is 9.01. The summed E-state index contributed by atoms with van der Waals surface area (Å²) < 4.78 is 11.5. The summed E-state index contributed by atoms with van der Waals surface area (Å²) in [7, 11) is -1.42. The Bertz CT molecular complexity index is 188. The highest BCUT2D eigenvalue weighted by Crippen LogP contribution is 2.23. The Morgan fingerprint density at radius 2 is 1.81 bits per heavy atom. The number of hydrogen-bond acceptors (Lipinski definition) is 2. The topological polar surface area (TPSA) is 18.5 Å². The molecule has 0 saturated heterocycles. The van der Waals surface area contributed by atoms with Gasteiger partial charge in [0, 0.05) is 13.2 Å². The summed E-state index contributed by atoms with van der Waals surface area (Å²) in [4.78, 5) is 0. The lowest BCUT2D eigenvalue weighted by atomic mass is 10.4. The van der Waals surface area contributed by atoms with Gasteiger partial charge >= 0.3 is 0 Å². The van der Waals surface area contributed by atoms with Crippen LogP contribution in [0.5, 0.6) is 0 Å². The van der Waals surface area contributed by atoms with Crippen LogP contribution in [0.25, 0.3) is 0 Å². The van der Waals surface area contributed by atoms with Crippen molar-refractivity contribution in [1.29, 1.82) is 0 Å². The minimum absolute atomic E-state index is 0.696. The molecule has 0 rings (SSSR count). The lowest BCUT2D eigenvalue weighted by molar-refractivity contribution is 0.155. The van der Waals surface area contributed by atoms with E-state index in [1.54, 1.807) is 0 Å². The van der Waals surface area contributed by atoms with Gasteiger partial charge in [-0.3, -0.25) is 0 Å². The van der Waals surface area contributed by atoms with E-state index in [2.05, 4.69) is 27.4 Å². The van der Waals surface area contributed by atoms with Gasteiger partial charge in [-0.15, -0.1) is 0 Å². The lowest BCUT2D eigenvalue weighted by Crippen LogP contribution is -2.36. The Balaban J connectivity index is 3.79. The molecule has 0 atom stereocenters. The Morgan fingerprint density at radius 1 is 1.19 bits per heavy atom. The van der Waals surface area contributed by atoms with E-state index >= 15 is 0 Å². The molecule has 2 nitrogen and oxygen atoms in total. The van der Waals surface area contributed by atoms with Gasteiger partial charge in [-0.1, -0.05) is 26.0 Å². The van der Waals surface area contributed by atoms with Crippen LogP contribution in [-0.4, -0.2) is 28.1 Å². The van der Waals surface area contributed by atoms with Crippen molar-refractivity contribution >= 4 is 8.32 Å². The Labute approximate surface area is 102 Å². The minimum Gasteiger partial charge on any atom is -0.417 e. The first-order valence-electron chi connectivity index (χ1n) is 6.46. The fourth-order valence-corrected chi connectivity index (χ4v) is 5.09. The summed E-state index contributed by atoms with van der Waals surface area (Å²) in [6, 6.07) is 3.67. The quantitative estimate of drug-likeness (QED) is 0.329. The van der Waals surface area contributed by atoms with E-state index in [1.807, 2.05) is 6.92 Å². The van der Waals surface area contributed by atoms with Gasteiger partial charge in [0.25, 0.3) is 0 Å². The average molecular weight is 244 g/mol. The van der Waals surface area contributed by atoms with Gasteiger partial charge in [0.15, 0.2) is 8.32 Å². The lowest BCUT2D eigenvalue weighted by Gasteiger charge is -2.28. The molecule has 0 heterocycles. The van der Waals surface area contributed by atoms with Gasteiger partial charge in [0.2, 0.25) is 0 Å². The standard InChI is InChI=1S/C13H28O2Si/c1-6-15-16(7-2,8-3)11-9-10-14-12-13(4)5/h4,6-12H2,1-3,5H3. The van der Waals surface area contributed by atoms with E-state index in [4.69, 9.17) is 9.16 Å². The van der Waals surface area contributed by atoms with Crippen LogP contribution in [0.4, 0.5) is 0 Å². The molecule has 0 saturated carbocycles. The average Bonchev–Trinajstić information content (AvgIpc) is 2.27. The molecule has 96 valence electrons. The molecule has 0 aliphatic heterocycles. The Hall–Kier alpha value is -0.123. The zero-order chi connectivity index (χ0) is 12.4. The molecule has 0 amide bonds. The minimum atomic E-state index is -1.42. The van der Waals surface area contributed by atoms with E-state index < -0.39 is 8.32 Å². The van der Waals surface area contributed by atoms with Gasteiger partial charge in [-0.2, -0.15) is 0 Å². The summed E-state index contributed by atoms with van der Waals surface area (Å²) in [5, 5.41) is 0. The maximum Gasteiger partial charge on any atom is 0.192 e. The maximum atomic E-state index is 6.02. The van der Waals surface area contributed by atoms with Crippen molar-refractivity contribution in [2.24, 2.45) is 0 Å². The van der Waals surface area contributed by atoms with Crippen molar-refractivity contribution in [3.63, 3.8) is 0 Å². The van der Waals surface area contributed by atoms with Crippen molar-refractivity contribution in [3.8, 4) is 0 Å². The fourth-order valence-electron chi connectivity index (χ4n) is 1.93. The second-order valence-electron chi connectivity index (χ2n) is 4.44. The number of rotatable bonds is 10. The van der Waals surface area contributed by atoms with Crippen LogP contribution in [-0.2, 0) is 9.16 Å². The Kier molecular flexibility index (Phi) is 8.90. The van der Waals surface area contributed by atoms with Gasteiger partial charge in [-0.05, 0) is 38.4 Å². The first kappa shape index (κ1) is 15.9. The summed E-state index contributed by atoms with van der Waals surface area (Å²) in [5.74, 6) is 0. The molecular weight excluding hydrogens is 216 g/mol. The first-order chi connectivity index (χ1) is 7.60. The summed E-state index contributed by atoms with van der Waals surface area (Å²) >= 11 is 0. The highest BCUT2D eigenvalue weighted by molar-refractivity contribution is 6.73. The molecule has 0 aliphatic rings. The third-order valence-corrected chi connectivity index (χ3v) is 7.75. The molecular formula is C13H28O2Si. The highest BCUT2D eigenvalue weighted by atomic mass is 28.4. The van der Waals surface area contributed by atoms with Crippen LogP contribution in [0, 0.1) is 0 Å². The summed E-state index contributed by atoms with van der Waals surface area (Å²) in [6.07, 6.45) is 1.13. The van der Waals surface area contributed by atoms with E-state index in [0.29, 0.717) is 6.61 Å². The van der Waals surface area contributed by atoms with Crippen LogP contribution >= 0.6 is 0 Å². The smallest absolute Gasteiger partial charge is 0.192 e. The Morgan fingerprint density at radius 3 is 2.25 bits per heavy atom. The molecule has 0 aromatic rings. The van der Waals surface area contributed by atoms with Gasteiger partial charge in [0.1, 0.15) is 0 Å². The molecule has 0 fully saturated rings. The number of hydrogen-bond donors (Lipinski definition) is 0. The van der Waals surface area contributed by atoms with Gasteiger partial charge in [0.05, 0.1) is 6.61 Å². The molecule has 0 aliphatic carbocycles. The van der Waals surface area contributed by atoms with Crippen molar-refractivity contribution < 1.29 is 9.16 Å². The van der Waals surface area contributed by atoms with Crippen LogP contribution < -0.4 is 0 Å². The zero-order valence-corrected chi connectivity index (χ0v) is 12.5. The molecule has 16 heavy (non-hydrogen) atoms. The molecule has 0 radical (unpaired) electrons. The molecule has 0 aromatic carbocycles. The molecule has 0 bridgehead atoms. The van der Waals surface area contributed by atoms with Crippen molar-refractivity contribution in [2.75, 3.05) is 19.8 Å². The van der Waals surface area contributed by atoms with Crippen molar-refractivity contribution in [2.45, 2.75) is 52.2 Å². The molecule has 0 aromatic heterocycles. The molecule has 3 heteroatoms. The van der Waals surface area contributed by atoms with Crippen molar-refractivity contribution in [3.05, 3.63) is 12.2 Å². The van der Waals surface area contributed by atoms with Crippen LogP contribution in [0.3, 0.4) is 0 Å². The summed E-state index contributed by atoms with van der Waals surface area (Å²) in [6.45, 7) is 14.8. The molecule has 0 N–H and O–H groups in total. The maximum absolute atomic E-state index is 6.02. The predicted octanol–water partition coefficient (Wildman–Crippen LogP) is 3.99. The second kappa shape index (κ2) is 8.96. The largest absolute Gasteiger partial charge is 0.417 e. The van der Waals surface area contributed by atoms with Crippen LogP contribution in [0.2, 0.25) is 18.1 Å². The van der Waals surface area contributed by atoms with Crippen LogP contribution in [0.1, 0.15) is 34.1 Å². The third-order valence-electron chi connectivity index (χ3n) is 3.01. The SMILES string of the molecule is C=C(C)COCCC[Si](CC)(CC)OCC. The predicted molar refractivity (Wildman–Crippen MR) is 73.4 cm³/mol. The summed E-state index contributed by atoms with van der Waals surface area (Å²) in [5.41, 5.74) is 1.10.